The number of anilines is 1. The number of nitrogens with zero attached hydrogens (tertiary/aromatic N) is 2. The number of benzene rings is 1. The van der Waals surface area contributed by atoms with Crippen LogP contribution in [0.15, 0.2) is 61.2 Å². The summed E-state index contributed by atoms with van der Waals surface area (Å²) < 4.78 is 35.9. The number of thioether (sulfide) groups is 1. The van der Waals surface area contributed by atoms with Crippen molar-refractivity contribution in [2.45, 2.75) is 17.2 Å². The Kier molecular flexibility index (Phi) is 4.98. The first kappa shape index (κ1) is 17.0. The highest BCUT2D eigenvalue weighted by atomic mass is 32.2. The van der Waals surface area contributed by atoms with Gasteiger partial charge in [0.2, 0.25) is 5.91 Å². The van der Waals surface area contributed by atoms with Gasteiger partial charge in [-0.3, -0.25) is 4.79 Å². The van der Waals surface area contributed by atoms with E-state index in [4.69, 9.17) is 8.83 Å². The van der Waals surface area contributed by atoms with Crippen molar-refractivity contribution in [3.8, 4) is 11.7 Å². The van der Waals surface area contributed by atoms with Gasteiger partial charge < -0.3 is 14.2 Å². The van der Waals surface area contributed by atoms with Crippen LogP contribution < -0.4 is 11.1 Å². The van der Waals surface area contributed by atoms with Crippen LogP contribution in [-0.2, 0) is 11.3 Å². The van der Waals surface area contributed by atoms with Gasteiger partial charge in [0.05, 0.1) is 12.0 Å². The molecule has 1 amide bonds. The summed E-state index contributed by atoms with van der Waals surface area (Å²) in [5.74, 6) is -3.88. The van der Waals surface area contributed by atoms with E-state index in [2.05, 4.69) is 10.4 Å². The Hall–Kier alpha value is -2.88. The molecule has 0 aliphatic carbocycles. The SMILES string of the molecule is O=C(Cn1nc(-c2ccco2)oc1=O)Nc1ccccc1SC(F)F. The summed E-state index contributed by atoms with van der Waals surface area (Å²) in [6.45, 7) is -0.434. The van der Waals surface area contributed by atoms with Crippen LogP contribution >= 0.6 is 11.8 Å². The van der Waals surface area contributed by atoms with Crippen molar-refractivity contribution in [2.24, 2.45) is 0 Å². The Morgan fingerprint density at radius 1 is 1.28 bits per heavy atom. The van der Waals surface area contributed by atoms with Crippen molar-refractivity contribution in [3.63, 3.8) is 0 Å². The number of hydrogen-bond donors (Lipinski definition) is 1. The highest BCUT2D eigenvalue weighted by molar-refractivity contribution is 7.99. The second-order valence-corrected chi connectivity index (χ2v) is 5.76. The van der Waals surface area contributed by atoms with Gasteiger partial charge in [-0.15, -0.1) is 5.10 Å². The third kappa shape index (κ3) is 4.15. The molecule has 7 nitrogen and oxygen atoms in total. The molecular weight excluding hydrogens is 356 g/mol. The Bertz CT molecular complexity index is 921. The van der Waals surface area contributed by atoms with Crippen molar-refractivity contribution < 1.29 is 22.4 Å². The van der Waals surface area contributed by atoms with Crippen molar-refractivity contribution in [3.05, 3.63) is 53.2 Å². The molecule has 2 heterocycles. The van der Waals surface area contributed by atoms with E-state index in [0.717, 1.165) is 4.68 Å². The van der Waals surface area contributed by atoms with Gasteiger partial charge >= 0.3 is 5.76 Å². The molecule has 0 radical (unpaired) electrons. The number of alkyl halides is 2. The molecule has 0 spiro atoms. The lowest BCUT2D eigenvalue weighted by molar-refractivity contribution is -0.117. The smallest absolute Gasteiger partial charge is 0.437 e. The van der Waals surface area contributed by atoms with E-state index in [1.165, 1.54) is 18.4 Å². The topological polar surface area (TPSA) is 90.3 Å². The first-order valence-electron chi connectivity index (χ1n) is 6.98. The quantitative estimate of drug-likeness (QED) is 0.674. The number of carbonyl (C=O) groups is 1. The number of rotatable bonds is 6. The van der Waals surface area contributed by atoms with Crippen LogP contribution in [0.4, 0.5) is 14.5 Å². The van der Waals surface area contributed by atoms with Crippen LogP contribution in [0, 0.1) is 0 Å². The maximum absolute atomic E-state index is 12.5. The molecule has 10 heteroatoms. The van der Waals surface area contributed by atoms with Crippen molar-refractivity contribution in [1.29, 1.82) is 0 Å². The predicted molar refractivity (Wildman–Crippen MR) is 85.4 cm³/mol. The summed E-state index contributed by atoms with van der Waals surface area (Å²) >= 11 is 0.316. The van der Waals surface area contributed by atoms with Crippen molar-refractivity contribution >= 4 is 23.4 Å². The van der Waals surface area contributed by atoms with Gasteiger partial charge in [-0.2, -0.15) is 13.5 Å². The average molecular weight is 367 g/mol. The number of para-hydroxylation sites is 1. The van der Waals surface area contributed by atoms with Gasteiger partial charge in [-0.25, -0.2) is 4.79 Å². The summed E-state index contributed by atoms with van der Waals surface area (Å²) in [4.78, 5) is 24.1. The van der Waals surface area contributed by atoms with Gasteiger partial charge in [0, 0.05) is 4.90 Å². The molecule has 3 rings (SSSR count). The molecule has 1 N–H and O–H groups in total. The van der Waals surface area contributed by atoms with Crippen LogP contribution in [0.3, 0.4) is 0 Å². The Morgan fingerprint density at radius 3 is 2.80 bits per heavy atom. The molecule has 0 fully saturated rings. The van der Waals surface area contributed by atoms with Crippen LogP contribution in [0.5, 0.6) is 0 Å². The summed E-state index contributed by atoms with van der Waals surface area (Å²) in [5.41, 5.74) is 0.223. The lowest BCUT2D eigenvalue weighted by Crippen LogP contribution is -2.26. The van der Waals surface area contributed by atoms with E-state index in [1.807, 2.05) is 0 Å². The zero-order valence-corrected chi connectivity index (χ0v) is 13.3. The molecule has 1 aromatic carbocycles. The molecule has 0 saturated carbocycles. The molecule has 25 heavy (non-hydrogen) atoms. The van der Waals surface area contributed by atoms with Crippen LogP contribution in [-0.4, -0.2) is 21.4 Å². The summed E-state index contributed by atoms with van der Waals surface area (Å²) in [7, 11) is 0. The molecule has 0 atom stereocenters. The van der Waals surface area contributed by atoms with Crippen molar-refractivity contribution in [2.75, 3.05) is 5.32 Å². The Balaban J connectivity index is 1.73. The van der Waals surface area contributed by atoms with E-state index in [1.54, 1.807) is 24.3 Å². The zero-order valence-electron chi connectivity index (χ0n) is 12.5. The maximum atomic E-state index is 12.5. The Morgan fingerprint density at radius 2 is 2.08 bits per heavy atom. The largest absolute Gasteiger partial charge is 0.459 e. The van der Waals surface area contributed by atoms with Crippen LogP contribution in [0.25, 0.3) is 11.7 Å². The standard InChI is InChI=1S/C15H11F2N3O4S/c16-14(17)25-11-6-2-1-4-9(11)18-12(21)8-20-15(22)24-13(19-20)10-5-3-7-23-10/h1-7,14H,8H2,(H,18,21). The number of halogens is 2. The van der Waals surface area contributed by atoms with Gasteiger partial charge in [-0.1, -0.05) is 23.9 Å². The van der Waals surface area contributed by atoms with E-state index in [-0.39, 0.29) is 22.2 Å². The molecule has 2 aromatic heterocycles. The molecule has 0 aliphatic heterocycles. The fraction of sp³-hybridized carbons (Fsp3) is 0.133. The second-order valence-electron chi connectivity index (χ2n) is 4.73. The minimum absolute atomic E-state index is 0.0588. The predicted octanol–water partition coefficient (Wildman–Crippen LogP) is 3.05. The van der Waals surface area contributed by atoms with Gasteiger partial charge in [-0.05, 0) is 24.3 Å². The first-order valence-corrected chi connectivity index (χ1v) is 7.86. The number of carbonyl (C=O) groups excluding carboxylic acids is 1. The maximum Gasteiger partial charge on any atom is 0.437 e. The highest BCUT2D eigenvalue weighted by Crippen LogP contribution is 2.31. The van der Waals surface area contributed by atoms with Gasteiger partial charge in [0.1, 0.15) is 6.54 Å². The van der Waals surface area contributed by atoms with Crippen LogP contribution in [0.1, 0.15) is 0 Å². The number of nitrogens with one attached hydrogen (secondary N) is 1. The lowest BCUT2D eigenvalue weighted by Gasteiger charge is -2.09. The van der Waals surface area contributed by atoms with E-state index < -0.39 is 24.0 Å². The van der Waals surface area contributed by atoms with E-state index >= 15 is 0 Å². The summed E-state index contributed by atoms with van der Waals surface area (Å²) in [6.07, 6.45) is 1.39. The molecule has 3 aromatic rings. The third-order valence-corrected chi connectivity index (χ3v) is 3.80. The minimum atomic E-state index is -2.62. The lowest BCUT2D eigenvalue weighted by atomic mass is 10.3. The first-order chi connectivity index (χ1) is 12.0. The van der Waals surface area contributed by atoms with E-state index in [9.17, 15) is 18.4 Å². The number of amides is 1. The summed E-state index contributed by atoms with van der Waals surface area (Å²) in [5, 5.41) is 6.34. The monoisotopic (exact) mass is 367 g/mol. The molecule has 130 valence electrons. The van der Waals surface area contributed by atoms with Crippen LogP contribution in [0.2, 0.25) is 0 Å². The van der Waals surface area contributed by atoms with Gasteiger partial charge in [0.25, 0.3) is 11.6 Å². The molecule has 0 bridgehead atoms. The number of aromatic nitrogens is 2. The normalized spacial score (nSPS) is 11.0. The highest BCUT2D eigenvalue weighted by Gasteiger charge is 2.16. The fourth-order valence-electron chi connectivity index (χ4n) is 2.00. The number of furan rings is 1. The fourth-order valence-corrected chi connectivity index (χ4v) is 2.60. The van der Waals surface area contributed by atoms with Crippen molar-refractivity contribution in [1.82, 2.24) is 9.78 Å². The molecule has 0 unspecified atom stereocenters. The Labute approximate surface area is 143 Å². The minimum Gasteiger partial charge on any atom is -0.459 e. The van der Waals surface area contributed by atoms with Gasteiger partial charge in [0.15, 0.2) is 5.76 Å². The second kappa shape index (κ2) is 7.34. The molecule has 0 aliphatic rings. The van der Waals surface area contributed by atoms with E-state index in [0.29, 0.717) is 11.8 Å². The third-order valence-electron chi connectivity index (χ3n) is 3.01. The molecule has 0 saturated heterocycles. The number of hydrogen-bond acceptors (Lipinski definition) is 6. The average Bonchev–Trinajstić information content (AvgIpc) is 3.19. The zero-order chi connectivity index (χ0) is 17.8. The molecular formula is C15H11F2N3O4S. The summed E-state index contributed by atoms with van der Waals surface area (Å²) in [6, 6.07) is 9.28.